The van der Waals surface area contributed by atoms with Gasteiger partial charge in [-0.05, 0) is 19.9 Å². The standard InChI is InChI=1S/C11H20N2O2/c1-5-11(3,14-4)9-7-13-10(15-9)8-12-6-2/h7,12H,5-6,8H2,1-4H3. The summed E-state index contributed by atoms with van der Waals surface area (Å²) in [5.74, 6) is 1.50. The van der Waals surface area contributed by atoms with Crippen LogP contribution in [0.15, 0.2) is 10.6 Å². The third kappa shape index (κ3) is 2.79. The SMILES string of the molecule is CCNCc1ncc(C(C)(CC)OC)o1. The smallest absolute Gasteiger partial charge is 0.208 e. The third-order valence-corrected chi connectivity index (χ3v) is 2.73. The monoisotopic (exact) mass is 212 g/mol. The van der Waals surface area contributed by atoms with Gasteiger partial charge in [0.05, 0.1) is 12.7 Å². The number of oxazole rings is 1. The molecule has 15 heavy (non-hydrogen) atoms. The molecule has 1 rings (SSSR count). The quantitative estimate of drug-likeness (QED) is 0.784. The van der Waals surface area contributed by atoms with E-state index in [4.69, 9.17) is 9.15 Å². The maximum atomic E-state index is 5.63. The van der Waals surface area contributed by atoms with Crippen LogP contribution in [0.1, 0.15) is 38.8 Å². The van der Waals surface area contributed by atoms with Gasteiger partial charge in [-0.2, -0.15) is 0 Å². The molecule has 1 atom stereocenters. The minimum Gasteiger partial charge on any atom is -0.441 e. The van der Waals surface area contributed by atoms with Crippen molar-refractivity contribution in [1.82, 2.24) is 10.3 Å². The zero-order valence-electron chi connectivity index (χ0n) is 9.96. The number of ether oxygens (including phenoxy) is 1. The summed E-state index contributed by atoms with van der Waals surface area (Å²) >= 11 is 0. The van der Waals surface area contributed by atoms with Crippen LogP contribution in [0.25, 0.3) is 0 Å². The average Bonchev–Trinajstić information content (AvgIpc) is 2.74. The Bertz CT molecular complexity index is 293. The van der Waals surface area contributed by atoms with E-state index < -0.39 is 0 Å². The number of hydrogen-bond donors (Lipinski definition) is 1. The molecule has 0 aliphatic heterocycles. The lowest BCUT2D eigenvalue weighted by atomic mass is 10.0. The highest BCUT2D eigenvalue weighted by atomic mass is 16.5. The maximum absolute atomic E-state index is 5.63. The molecule has 0 aliphatic rings. The van der Waals surface area contributed by atoms with Crippen LogP contribution in [-0.4, -0.2) is 18.6 Å². The van der Waals surface area contributed by atoms with Gasteiger partial charge < -0.3 is 14.5 Å². The fourth-order valence-corrected chi connectivity index (χ4v) is 1.29. The number of methoxy groups -OCH3 is 1. The van der Waals surface area contributed by atoms with Gasteiger partial charge in [0.2, 0.25) is 5.89 Å². The van der Waals surface area contributed by atoms with Gasteiger partial charge in [-0.15, -0.1) is 0 Å². The van der Waals surface area contributed by atoms with Crippen LogP contribution >= 0.6 is 0 Å². The highest BCUT2D eigenvalue weighted by molar-refractivity contribution is 5.05. The molecular formula is C11H20N2O2. The summed E-state index contributed by atoms with van der Waals surface area (Å²) in [6.07, 6.45) is 2.61. The highest BCUT2D eigenvalue weighted by Gasteiger charge is 2.28. The molecule has 0 radical (unpaired) electrons. The van der Waals surface area contributed by atoms with Crippen LogP contribution < -0.4 is 5.32 Å². The second kappa shape index (κ2) is 5.28. The Balaban J connectivity index is 2.74. The molecule has 1 N–H and O–H groups in total. The summed E-state index contributed by atoms with van der Waals surface area (Å²) < 4.78 is 11.1. The second-order valence-electron chi connectivity index (χ2n) is 3.69. The van der Waals surface area contributed by atoms with E-state index in [0.717, 1.165) is 18.7 Å². The van der Waals surface area contributed by atoms with Crippen LogP contribution in [0.3, 0.4) is 0 Å². The average molecular weight is 212 g/mol. The summed E-state index contributed by atoms with van der Waals surface area (Å²) in [4.78, 5) is 4.21. The molecule has 0 amide bonds. The van der Waals surface area contributed by atoms with Gasteiger partial charge in [-0.3, -0.25) is 0 Å². The Morgan fingerprint density at radius 3 is 2.80 bits per heavy atom. The van der Waals surface area contributed by atoms with E-state index in [2.05, 4.69) is 24.1 Å². The van der Waals surface area contributed by atoms with E-state index in [1.54, 1.807) is 13.3 Å². The topological polar surface area (TPSA) is 47.3 Å². The fraction of sp³-hybridized carbons (Fsp3) is 0.727. The van der Waals surface area contributed by atoms with E-state index in [-0.39, 0.29) is 5.60 Å². The van der Waals surface area contributed by atoms with Crippen molar-refractivity contribution in [2.75, 3.05) is 13.7 Å². The molecule has 1 unspecified atom stereocenters. The molecule has 0 fully saturated rings. The van der Waals surface area contributed by atoms with Gasteiger partial charge in [0, 0.05) is 7.11 Å². The first-order chi connectivity index (χ1) is 7.16. The van der Waals surface area contributed by atoms with Crippen molar-refractivity contribution < 1.29 is 9.15 Å². The summed E-state index contributed by atoms with van der Waals surface area (Å²) in [6.45, 7) is 7.70. The van der Waals surface area contributed by atoms with Gasteiger partial charge in [-0.25, -0.2) is 4.98 Å². The second-order valence-corrected chi connectivity index (χ2v) is 3.69. The molecule has 1 heterocycles. The number of nitrogens with one attached hydrogen (secondary N) is 1. The van der Waals surface area contributed by atoms with E-state index in [1.807, 2.05) is 6.92 Å². The van der Waals surface area contributed by atoms with E-state index in [1.165, 1.54) is 0 Å². The lowest BCUT2D eigenvalue weighted by molar-refractivity contribution is -0.0197. The molecule has 1 aromatic heterocycles. The lowest BCUT2D eigenvalue weighted by Crippen LogP contribution is -2.22. The maximum Gasteiger partial charge on any atom is 0.208 e. The molecule has 1 aromatic rings. The van der Waals surface area contributed by atoms with Crippen molar-refractivity contribution in [3.05, 3.63) is 17.8 Å². The fourth-order valence-electron chi connectivity index (χ4n) is 1.29. The van der Waals surface area contributed by atoms with Crippen molar-refractivity contribution in [1.29, 1.82) is 0 Å². The molecule has 4 nitrogen and oxygen atoms in total. The highest BCUT2D eigenvalue weighted by Crippen LogP contribution is 2.28. The third-order valence-electron chi connectivity index (χ3n) is 2.73. The largest absolute Gasteiger partial charge is 0.441 e. The molecule has 0 aromatic carbocycles. The molecule has 0 bridgehead atoms. The number of rotatable bonds is 6. The lowest BCUT2D eigenvalue weighted by Gasteiger charge is -2.23. The van der Waals surface area contributed by atoms with Gasteiger partial charge in [0.15, 0.2) is 5.76 Å². The van der Waals surface area contributed by atoms with Crippen LogP contribution in [0.2, 0.25) is 0 Å². The Morgan fingerprint density at radius 2 is 2.27 bits per heavy atom. The Kier molecular flexibility index (Phi) is 4.29. The van der Waals surface area contributed by atoms with Crippen LogP contribution in [0.5, 0.6) is 0 Å². The van der Waals surface area contributed by atoms with Crippen molar-refractivity contribution in [3.63, 3.8) is 0 Å². The molecule has 0 saturated carbocycles. The van der Waals surface area contributed by atoms with Crippen LogP contribution in [0, 0.1) is 0 Å². The van der Waals surface area contributed by atoms with E-state index in [9.17, 15) is 0 Å². The number of hydrogen-bond acceptors (Lipinski definition) is 4. The zero-order valence-corrected chi connectivity index (χ0v) is 9.96. The first-order valence-corrected chi connectivity index (χ1v) is 5.37. The summed E-state index contributed by atoms with van der Waals surface area (Å²) in [5.41, 5.74) is -0.364. The normalized spacial score (nSPS) is 15.2. The van der Waals surface area contributed by atoms with Crippen molar-refractivity contribution in [2.24, 2.45) is 0 Å². The van der Waals surface area contributed by atoms with Gasteiger partial charge in [-0.1, -0.05) is 13.8 Å². The number of nitrogens with zero attached hydrogens (tertiary/aromatic N) is 1. The molecule has 0 aliphatic carbocycles. The van der Waals surface area contributed by atoms with E-state index >= 15 is 0 Å². The molecule has 0 spiro atoms. The summed E-state index contributed by atoms with van der Waals surface area (Å²) in [5, 5.41) is 3.17. The van der Waals surface area contributed by atoms with Crippen LogP contribution in [0.4, 0.5) is 0 Å². The van der Waals surface area contributed by atoms with Gasteiger partial charge >= 0.3 is 0 Å². The first kappa shape index (κ1) is 12.2. The summed E-state index contributed by atoms with van der Waals surface area (Å²) in [6, 6.07) is 0. The van der Waals surface area contributed by atoms with Gasteiger partial charge in [0.25, 0.3) is 0 Å². The number of aromatic nitrogens is 1. The molecule has 0 saturated heterocycles. The van der Waals surface area contributed by atoms with Crippen molar-refractivity contribution in [2.45, 2.75) is 39.3 Å². The zero-order chi connectivity index (χ0) is 11.3. The Hall–Kier alpha value is -0.870. The minimum atomic E-state index is -0.364. The van der Waals surface area contributed by atoms with Gasteiger partial charge in [0.1, 0.15) is 5.60 Å². The molecular weight excluding hydrogens is 192 g/mol. The molecule has 4 heteroatoms. The van der Waals surface area contributed by atoms with Crippen molar-refractivity contribution in [3.8, 4) is 0 Å². The van der Waals surface area contributed by atoms with E-state index in [0.29, 0.717) is 12.4 Å². The summed E-state index contributed by atoms with van der Waals surface area (Å²) in [7, 11) is 1.69. The predicted molar refractivity (Wildman–Crippen MR) is 58.5 cm³/mol. The predicted octanol–water partition coefficient (Wildman–Crippen LogP) is 2.06. The van der Waals surface area contributed by atoms with Crippen LogP contribution in [-0.2, 0) is 16.9 Å². The molecule has 86 valence electrons. The Morgan fingerprint density at radius 1 is 1.53 bits per heavy atom. The Labute approximate surface area is 91.0 Å². The first-order valence-electron chi connectivity index (χ1n) is 5.37. The minimum absolute atomic E-state index is 0.364. The van der Waals surface area contributed by atoms with Crippen molar-refractivity contribution >= 4 is 0 Å².